The SMILES string of the molecule is CCC(C)c1cnc(-c2ccc(CCC(C)CCC(C)C(C)(C)CC)cc2)nc1. The zero-order chi connectivity index (χ0) is 21.4. The Morgan fingerprint density at radius 3 is 2.03 bits per heavy atom. The molecule has 0 radical (unpaired) electrons. The van der Waals surface area contributed by atoms with Crippen molar-refractivity contribution in [3.8, 4) is 11.4 Å². The quantitative estimate of drug-likeness (QED) is 0.385. The summed E-state index contributed by atoms with van der Waals surface area (Å²) < 4.78 is 0. The van der Waals surface area contributed by atoms with Gasteiger partial charge in [-0.15, -0.1) is 0 Å². The molecule has 3 atom stereocenters. The number of rotatable bonds is 11. The summed E-state index contributed by atoms with van der Waals surface area (Å²) in [5.41, 5.74) is 4.20. The molecule has 29 heavy (non-hydrogen) atoms. The first-order valence-electron chi connectivity index (χ1n) is 11.7. The van der Waals surface area contributed by atoms with Crippen LogP contribution in [0.1, 0.15) is 97.6 Å². The van der Waals surface area contributed by atoms with Crippen molar-refractivity contribution in [2.24, 2.45) is 17.3 Å². The number of hydrogen-bond donors (Lipinski definition) is 0. The van der Waals surface area contributed by atoms with Crippen molar-refractivity contribution < 1.29 is 0 Å². The highest BCUT2D eigenvalue weighted by molar-refractivity contribution is 5.55. The third-order valence-electron chi connectivity index (χ3n) is 7.33. The number of aryl methyl sites for hydroxylation is 1. The normalized spacial score (nSPS) is 15.1. The predicted molar refractivity (Wildman–Crippen MR) is 126 cm³/mol. The van der Waals surface area contributed by atoms with E-state index in [2.05, 4.69) is 82.7 Å². The van der Waals surface area contributed by atoms with Gasteiger partial charge in [0, 0.05) is 18.0 Å². The Morgan fingerprint density at radius 2 is 1.48 bits per heavy atom. The molecule has 1 heterocycles. The Balaban J connectivity index is 1.84. The molecule has 2 aromatic rings. The van der Waals surface area contributed by atoms with E-state index in [0.717, 1.165) is 36.1 Å². The van der Waals surface area contributed by atoms with E-state index < -0.39 is 0 Å². The molecule has 0 fully saturated rings. The Labute approximate surface area is 179 Å². The summed E-state index contributed by atoms with van der Waals surface area (Å²) in [7, 11) is 0. The molecule has 160 valence electrons. The second kappa shape index (κ2) is 10.9. The van der Waals surface area contributed by atoms with Gasteiger partial charge in [0.15, 0.2) is 5.82 Å². The van der Waals surface area contributed by atoms with Crippen LogP contribution in [0.25, 0.3) is 11.4 Å². The lowest BCUT2D eigenvalue weighted by molar-refractivity contribution is 0.197. The average molecular weight is 395 g/mol. The topological polar surface area (TPSA) is 25.8 Å². The van der Waals surface area contributed by atoms with Gasteiger partial charge in [-0.1, -0.05) is 85.6 Å². The first kappa shape index (κ1) is 23.6. The van der Waals surface area contributed by atoms with Gasteiger partial charge in [0.2, 0.25) is 0 Å². The fourth-order valence-electron chi connectivity index (χ4n) is 3.63. The Hall–Kier alpha value is -1.70. The standard InChI is InChI=1S/C27H42N2/c1-8-21(4)25-18-28-26(29-19-25)24-16-14-23(15-17-24)13-11-20(3)10-12-22(5)27(6,7)9-2/h14-22H,8-13H2,1-7H3. The van der Waals surface area contributed by atoms with Gasteiger partial charge in [-0.05, 0) is 60.0 Å². The highest BCUT2D eigenvalue weighted by atomic mass is 14.9. The van der Waals surface area contributed by atoms with Crippen molar-refractivity contribution in [2.45, 2.75) is 92.9 Å². The molecule has 1 aromatic heterocycles. The molecule has 0 spiro atoms. The lowest BCUT2D eigenvalue weighted by atomic mass is 9.74. The molecule has 2 nitrogen and oxygen atoms in total. The summed E-state index contributed by atoms with van der Waals surface area (Å²) in [6, 6.07) is 8.84. The molecule has 0 aliphatic carbocycles. The van der Waals surface area contributed by atoms with Crippen molar-refractivity contribution in [1.29, 1.82) is 0 Å². The molecule has 0 bridgehead atoms. The third-order valence-corrected chi connectivity index (χ3v) is 7.33. The molecule has 3 unspecified atom stereocenters. The molecule has 0 N–H and O–H groups in total. The monoisotopic (exact) mass is 394 g/mol. The minimum Gasteiger partial charge on any atom is -0.236 e. The number of hydrogen-bond acceptors (Lipinski definition) is 2. The minimum atomic E-state index is 0.463. The van der Waals surface area contributed by atoms with Crippen LogP contribution < -0.4 is 0 Å². The molecule has 0 amide bonds. The van der Waals surface area contributed by atoms with Crippen molar-refractivity contribution in [1.82, 2.24) is 9.97 Å². The van der Waals surface area contributed by atoms with Gasteiger partial charge < -0.3 is 0 Å². The van der Waals surface area contributed by atoms with E-state index in [9.17, 15) is 0 Å². The van der Waals surface area contributed by atoms with Crippen LogP contribution in [-0.2, 0) is 6.42 Å². The molecule has 0 aliphatic heterocycles. The lowest BCUT2D eigenvalue weighted by Gasteiger charge is -2.31. The highest BCUT2D eigenvalue weighted by Gasteiger charge is 2.23. The maximum Gasteiger partial charge on any atom is 0.159 e. The number of benzene rings is 1. The van der Waals surface area contributed by atoms with Crippen molar-refractivity contribution >= 4 is 0 Å². The van der Waals surface area contributed by atoms with E-state index in [0.29, 0.717) is 11.3 Å². The van der Waals surface area contributed by atoms with Crippen LogP contribution in [0.4, 0.5) is 0 Å². The zero-order valence-corrected chi connectivity index (χ0v) is 19.8. The van der Waals surface area contributed by atoms with Crippen LogP contribution in [0.2, 0.25) is 0 Å². The smallest absolute Gasteiger partial charge is 0.159 e. The molecule has 2 rings (SSSR count). The van der Waals surface area contributed by atoms with Crippen LogP contribution in [-0.4, -0.2) is 9.97 Å². The first-order chi connectivity index (χ1) is 13.8. The van der Waals surface area contributed by atoms with Gasteiger partial charge in [0.05, 0.1) is 0 Å². The van der Waals surface area contributed by atoms with E-state index >= 15 is 0 Å². The molecule has 0 aliphatic rings. The minimum absolute atomic E-state index is 0.463. The molecule has 2 heteroatoms. The first-order valence-corrected chi connectivity index (χ1v) is 11.7. The summed E-state index contributed by atoms with van der Waals surface area (Å²) in [5.74, 6) is 2.91. The summed E-state index contributed by atoms with van der Waals surface area (Å²) >= 11 is 0. The second-order valence-corrected chi connectivity index (χ2v) is 9.81. The van der Waals surface area contributed by atoms with Gasteiger partial charge in [-0.25, -0.2) is 9.97 Å². The van der Waals surface area contributed by atoms with Gasteiger partial charge in [-0.2, -0.15) is 0 Å². The highest BCUT2D eigenvalue weighted by Crippen LogP contribution is 2.34. The van der Waals surface area contributed by atoms with Gasteiger partial charge in [0.1, 0.15) is 0 Å². The fraction of sp³-hybridized carbons (Fsp3) is 0.630. The van der Waals surface area contributed by atoms with Gasteiger partial charge >= 0.3 is 0 Å². The summed E-state index contributed by atoms with van der Waals surface area (Å²) in [6.45, 7) is 16.4. The zero-order valence-electron chi connectivity index (χ0n) is 19.8. The fourth-order valence-corrected chi connectivity index (χ4v) is 3.63. The van der Waals surface area contributed by atoms with Crippen LogP contribution in [0.5, 0.6) is 0 Å². The maximum atomic E-state index is 4.58. The molecule has 1 aromatic carbocycles. The van der Waals surface area contributed by atoms with Crippen LogP contribution in [0.3, 0.4) is 0 Å². The summed E-state index contributed by atoms with van der Waals surface area (Å²) in [5, 5.41) is 0. The number of aromatic nitrogens is 2. The lowest BCUT2D eigenvalue weighted by Crippen LogP contribution is -2.21. The molecular weight excluding hydrogens is 352 g/mol. The second-order valence-electron chi connectivity index (χ2n) is 9.81. The Morgan fingerprint density at radius 1 is 0.862 bits per heavy atom. The van der Waals surface area contributed by atoms with Crippen molar-refractivity contribution in [3.05, 3.63) is 47.8 Å². The predicted octanol–water partition coefficient (Wildman–Crippen LogP) is 8.08. The number of nitrogens with zero attached hydrogens (tertiary/aromatic N) is 2. The van der Waals surface area contributed by atoms with E-state index in [1.165, 1.54) is 36.8 Å². The maximum absolute atomic E-state index is 4.58. The van der Waals surface area contributed by atoms with Crippen LogP contribution >= 0.6 is 0 Å². The largest absolute Gasteiger partial charge is 0.236 e. The molecule has 0 saturated carbocycles. The average Bonchev–Trinajstić information content (AvgIpc) is 2.75. The summed E-state index contributed by atoms with van der Waals surface area (Å²) in [4.78, 5) is 9.16. The molecule has 0 saturated heterocycles. The van der Waals surface area contributed by atoms with Crippen molar-refractivity contribution in [2.75, 3.05) is 0 Å². The molecular formula is C27H42N2. The van der Waals surface area contributed by atoms with Crippen LogP contribution in [0, 0.1) is 17.3 Å². The third kappa shape index (κ3) is 6.94. The van der Waals surface area contributed by atoms with E-state index in [4.69, 9.17) is 0 Å². The van der Waals surface area contributed by atoms with Gasteiger partial charge in [-0.3, -0.25) is 0 Å². The Kier molecular flexibility index (Phi) is 8.86. The van der Waals surface area contributed by atoms with E-state index in [1.807, 2.05) is 12.4 Å². The van der Waals surface area contributed by atoms with Gasteiger partial charge in [0.25, 0.3) is 0 Å². The summed E-state index contributed by atoms with van der Waals surface area (Å²) in [6.07, 6.45) is 11.4. The Bertz CT molecular complexity index is 715. The van der Waals surface area contributed by atoms with E-state index in [1.54, 1.807) is 0 Å². The van der Waals surface area contributed by atoms with Crippen LogP contribution in [0.15, 0.2) is 36.7 Å². The van der Waals surface area contributed by atoms with E-state index in [-0.39, 0.29) is 0 Å². The van der Waals surface area contributed by atoms with Crippen molar-refractivity contribution in [3.63, 3.8) is 0 Å².